The second-order valence-electron chi connectivity index (χ2n) is 3.77. The fourth-order valence-electron chi connectivity index (χ4n) is 1.79. The minimum Gasteiger partial charge on any atom is -0.383 e. The first-order valence-corrected chi connectivity index (χ1v) is 4.59. The molecule has 0 unspecified atom stereocenters. The summed E-state index contributed by atoms with van der Waals surface area (Å²) in [5, 5.41) is 3.39. The minimum atomic E-state index is 0.237. The zero-order valence-corrected chi connectivity index (χ0v) is 8.39. The van der Waals surface area contributed by atoms with Crippen LogP contribution >= 0.6 is 0 Å². The number of likely N-dealkylation sites (N-methyl/N-ethyl adjacent to an activating group) is 1. The standard InChI is InChI=1S/C9H20N2O/c1-10-9(8-12-3)4-6-11(2)7-5-9/h10H,4-8H2,1-3H3. The first-order valence-electron chi connectivity index (χ1n) is 4.59. The van der Waals surface area contributed by atoms with E-state index in [0.717, 1.165) is 6.61 Å². The monoisotopic (exact) mass is 172 g/mol. The van der Waals surface area contributed by atoms with Gasteiger partial charge in [-0.2, -0.15) is 0 Å². The summed E-state index contributed by atoms with van der Waals surface area (Å²) in [5.74, 6) is 0. The summed E-state index contributed by atoms with van der Waals surface area (Å²) in [7, 11) is 5.98. The van der Waals surface area contributed by atoms with Gasteiger partial charge in [0.05, 0.1) is 6.61 Å². The van der Waals surface area contributed by atoms with Gasteiger partial charge in [-0.25, -0.2) is 0 Å². The quantitative estimate of drug-likeness (QED) is 0.663. The highest BCUT2D eigenvalue weighted by Gasteiger charge is 2.31. The van der Waals surface area contributed by atoms with E-state index in [1.807, 2.05) is 7.05 Å². The maximum atomic E-state index is 5.23. The third-order valence-corrected chi connectivity index (χ3v) is 2.90. The van der Waals surface area contributed by atoms with Crippen LogP contribution in [0.1, 0.15) is 12.8 Å². The van der Waals surface area contributed by atoms with Crippen LogP contribution in [-0.4, -0.2) is 51.3 Å². The topological polar surface area (TPSA) is 24.5 Å². The van der Waals surface area contributed by atoms with Crippen molar-refractivity contribution in [2.45, 2.75) is 18.4 Å². The number of piperidine rings is 1. The zero-order valence-electron chi connectivity index (χ0n) is 8.39. The van der Waals surface area contributed by atoms with Gasteiger partial charge in [0, 0.05) is 12.6 Å². The van der Waals surface area contributed by atoms with E-state index >= 15 is 0 Å². The smallest absolute Gasteiger partial charge is 0.0645 e. The molecule has 1 heterocycles. The average Bonchev–Trinajstić information content (AvgIpc) is 2.10. The molecule has 0 amide bonds. The van der Waals surface area contributed by atoms with Crippen molar-refractivity contribution in [3.63, 3.8) is 0 Å². The fraction of sp³-hybridized carbons (Fsp3) is 1.00. The Hall–Kier alpha value is -0.120. The Labute approximate surface area is 75.1 Å². The van der Waals surface area contributed by atoms with Gasteiger partial charge in [0.15, 0.2) is 0 Å². The summed E-state index contributed by atoms with van der Waals surface area (Å²) >= 11 is 0. The van der Waals surface area contributed by atoms with Gasteiger partial charge in [0.25, 0.3) is 0 Å². The number of nitrogens with zero attached hydrogens (tertiary/aromatic N) is 1. The highest BCUT2D eigenvalue weighted by molar-refractivity contribution is 4.91. The predicted molar refractivity (Wildman–Crippen MR) is 50.4 cm³/mol. The predicted octanol–water partition coefficient (Wildman–Crippen LogP) is 0.317. The lowest BCUT2D eigenvalue weighted by Gasteiger charge is -2.40. The second-order valence-corrected chi connectivity index (χ2v) is 3.77. The van der Waals surface area contributed by atoms with Crippen LogP contribution in [0.5, 0.6) is 0 Å². The van der Waals surface area contributed by atoms with Gasteiger partial charge in [-0.3, -0.25) is 0 Å². The molecule has 1 aliphatic heterocycles. The first-order chi connectivity index (χ1) is 5.72. The van der Waals surface area contributed by atoms with E-state index in [9.17, 15) is 0 Å². The Kier molecular flexibility index (Phi) is 3.50. The van der Waals surface area contributed by atoms with E-state index in [2.05, 4.69) is 17.3 Å². The molecular weight excluding hydrogens is 152 g/mol. The molecule has 1 saturated heterocycles. The number of methoxy groups -OCH3 is 1. The van der Waals surface area contributed by atoms with E-state index < -0.39 is 0 Å². The van der Waals surface area contributed by atoms with Crippen molar-refractivity contribution in [3.05, 3.63) is 0 Å². The molecule has 0 aromatic carbocycles. The Morgan fingerprint density at radius 1 is 1.42 bits per heavy atom. The van der Waals surface area contributed by atoms with E-state index in [4.69, 9.17) is 4.74 Å². The van der Waals surface area contributed by atoms with Gasteiger partial charge in [0.2, 0.25) is 0 Å². The molecule has 12 heavy (non-hydrogen) atoms. The van der Waals surface area contributed by atoms with Crippen molar-refractivity contribution in [2.75, 3.05) is 40.9 Å². The van der Waals surface area contributed by atoms with Gasteiger partial charge in [-0.05, 0) is 40.0 Å². The van der Waals surface area contributed by atoms with Crippen LogP contribution in [0.4, 0.5) is 0 Å². The first kappa shape index (κ1) is 9.96. The fourth-order valence-corrected chi connectivity index (χ4v) is 1.79. The molecule has 1 N–H and O–H groups in total. The Morgan fingerprint density at radius 3 is 2.42 bits per heavy atom. The molecule has 3 nitrogen and oxygen atoms in total. The van der Waals surface area contributed by atoms with Crippen molar-refractivity contribution >= 4 is 0 Å². The molecule has 0 spiro atoms. The van der Waals surface area contributed by atoms with Crippen LogP contribution in [-0.2, 0) is 4.74 Å². The Bertz CT molecular complexity index is 130. The maximum absolute atomic E-state index is 5.23. The molecule has 1 aliphatic rings. The molecule has 0 aromatic rings. The molecule has 0 aliphatic carbocycles. The minimum absolute atomic E-state index is 0.237. The summed E-state index contributed by atoms with van der Waals surface area (Å²) in [4.78, 5) is 2.37. The maximum Gasteiger partial charge on any atom is 0.0645 e. The van der Waals surface area contributed by atoms with Crippen LogP contribution in [0.25, 0.3) is 0 Å². The van der Waals surface area contributed by atoms with E-state index in [1.54, 1.807) is 7.11 Å². The Morgan fingerprint density at radius 2 is 2.00 bits per heavy atom. The lowest BCUT2D eigenvalue weighted by atomic mass is 9.89. The van der Waals surface area contributed by atoms with Gasteiger partial charge < -0.3 is 15.0 Å². The molecule has 0 bridgehead atoms. The molecule has 1 fully saturated rings. The highest BCUT2D eigenvalue weighted by atomic mass is 16.5. The zero-order chi connectivity index (χ0) is 9.03. The van der Waals surface area contributed by atoms with E-state index in [0.29, 0.717) is 0 Å². The van der Waals surface area contributed by atoms with Crippen molar-refractivity contribution in [1.29, 1.82) is 0 Å². The van der Waals surface area contributed by atoms with E-state index in [-0.39, 0.29) is 5.54 Å². The third-order valence-electron chi connectivity index (χ3n) is 2.90. The summed E-state index contributed by atoms with van der Waals surface area (Å²) < 4.78 is 5.23. The number of rotatable bonds is 3. The molecule has 0 atom stereocenters. The molecule has 0 aromatic heterocycles. The lowest BCUT2D eigenvalue weighted by molar-refractivity contribution is 0.0662. The third kappa shape index (κ3) is 2.19. The van der Waals surface area contributed by atoms with E-state index in [1.165, 1.54) is 25.9 Å². The molecule has 72 valence electrons. The summed E-state index contributed by atoms with van der Waals surface area (Å²) in [5.41, 5.74) is 0.237. The van der Waals surface area contributed by atoms with Crippen LogP contribution in [0, 0.1) is 0 Å². The summed E-state index contributed by atoms with van der Waals surface area (Å²) in [6.07, 6.45) is 2.38. The molecule has 0 saturated carbocycles. The number of hydrogen-bond acceptors (Lipinski definition) is 3. The summed E-state index contributed by atoms with van der Waals surface area (Å²) in [6, 6.07) is 0. The lowest BCUT2D eigenvalue weighted by Crippen LogP contribution is -2.54. The number of hydrogen-bond donors (Lipinski definition) is 1. The Balaban J connectivity index is 2.45. The van der Waals surface area contributed by atoms with Crippen LogP contribution in [0.15, 0.2) is 0 Å². The number of nitrogens with one attached hydrogen (secondary N) is 1. The van der Waals surface area contributed by atoms with Crippen LogP contribution < -0.4 is 5.32 Å². The van der Waals surface area contributed by atoms with Crippen molar-refractivity contribution in [3.8, 4) is 0 Å². The van der Waals surface area contributed by atoms with Crippen LogP contribution in [0.2, 0.25) is 0 Å². The number of likely N-dealkylation sites (tertiary alicyclic amines) is 1. The SMILES string of the molecule is CNC1(COC)CCN(C)CC1. The van der Waals surface area contributed by atoms with Gasteiger partial charge in [-0.15, -0.1) is 0 Å². The second kappa shape index (κ2) is 4.21. The van der Waals surface area contributed by atoms with Crippen molar-refractivity contribution in [1.82, 2.24) is 10.2 Å². The molecule has 1 rings (SSSR count). The van der Waals surface area contributed by atoms with Gasteiger partial charge >= 0.3 is 0 Å². The average molecular weight is 172 g/mol. The summed E-state index contributed by atoms with van der Waals surface area (Å²) in [6.45, 7) is 3.17. The number of ether oxygens (including phenoxy) is 1. The highest BCUT2D eigenvalue weighted by Crippen LogP contribution is 2.20. The normalized spacial score (nSPS) is 24.2. The van der Waals surface area contributed by atoms with Gasteiger partial charge in [-0.1, -0.05) is 0 Å². The van der Waals surface area contributed by atoms with Gasteiger partial charge in [0.1, 0.15) is 0 Å². The molecule has 0 radical (unpaired) electrons. The largest absolute Gasteiger partial charge is 0.383 e. The molecular formula is C9H20N2O. The molecule has 3 heteroatoms. The van der Waals surface area contributed by atoms with Crippen molar-refractivity contribution < 1.29 is 4.74 Å². The van der Waals surface area contributed by atoms with Crippen molar-refractivity contribution in [2.24, 2.45) is 0 Å². The van der Waals surface area contributed by atoms with Crippen LogP contribution in [0.3, 0.4) is 0 Å².